The van der Waals surface area contributed by atoms with E-state index in [-0.39, 0.29) is 18.3 Å². The van der Waals surface area contributed by atoms with Crippen LogP contribution in [-0.2, 0) is 11.2 Å². The van der Waals surface area contributed by atoms with E-state index in [1.807, 2.05) is 6.92 Å². The van der Waals surface area contributed by atoms with Crippen molar-refractivity contribution in [2.45, 2.75) is 26.2 Å². The summed E-state index contributed by atoms with van der Waals surface area (Å²) in [6, 6.07) is 4.21. The fourth-order valence-electron chi connectivity index (χ4n) is 1.80. The maximum Gasteiger partial charge on any atom is 0.220 e. The minimum absolute atomic E-state index is 0. The molecule has 0 fully saturated rings. The highest BCUT2D eigenvalue weighted by atomic mass is 35.5. The number of hydrogen-bond donors (Lipinski definition) is 2. The molecule has 21 heavy (non-hydrogen) atoms. The van der Waals surface area contributed by atoms with Gasteiger partial charge in [-0.05, 0) is 38.4 Å². The summed E-state index contributed by atoms with van der Waals surface area (Å²) in [5.41, 5.74) is 6.42. The van der Waals surface area contributed by atoms with Crippen molar-refractivity contribution < 1.29 is 4.79 Å². The summed E-state index contributed by atoms with van der Waals surface area (Å²) in [7, 11) is 0. The summed E-state index contributed by atoms with van der Waals surface area (Å²) in [4.78, 5) is 18.4. The van der Waals surface area contributed by atoms with Crippen LogP contribution in [-0.4, -0.2) is 24.0 Å². The smallest absolute Gasteiger partial charge is 0.220 e. The maximum atomic E-state index is 11.4. The van der Waals surface area contributed by atoms with E-state index in [0.717, 1.165) is 23.5 Å². The van der Waals surface area contributed by atoms with E-state index in [1.54, 1.807) is 22.7 Å². The third-order valence-corrected chi connectivity index (χ3v) is 4.78. The van der Waals surface area contributed by atoms with Crippen LogP contribution in [0.15, 0.2) is 17.5 Å². The van der Waals surface area contributed by atoms with Crippen molar-refractivity contribution in [3.63, 3.8) is 0 Å². The SMILES string of the molecule is Cc1nc(-c2ccc(CCNC(=O)CCCN)s2)cs1.Cl. The Morgan fingerprint density at radius 3 is 2.90 bits per heavy atom. The van der Waals surface area contributed by atoms with Gasteiger partial charge in [0.25, 0.3) is 0 Å². The Morgan fingerprint density at radius 2 is 2.24 bits per heavy atom. The summed E-state index contributed by atoms with van der Waals surface area (Å²) < 4.78 is 0. The summed E-state index contributed by atoms with van der Waals surface area (Å²) >= 11 is 3.41. The number of hydrogen-bond acceptors (Lipinski definition) is 5. The van der Waals surface area contributed by atoms with Crippen LogP contribution in [0.4, 0.5) is 0 Å². The third-order valence-electron chi connectivity index (χ3n) is 2.83. The van der Waals surface area contributed by atoms with Crippen molar-refractivity contribution in [1.29, 1.82) is 0 Å². The van der Waals surface area contributed by atoms with Crippen molar-refractivity contribution >= 4 is 41.0 Å². The summed E-state index contributed by atoms with van der Waals surface area (Å²) in [5.74, 6) is 0.0855. The number of amides is 1. The number of carbonyl (C=O) groups excluding carboxylic acids is 1. The quantitative estimate of drug-likeness (QED) is 0.810. The Kier molecular flexibility index (Phi) is 7.88. The molecule has 2 rings (SSSR count). The number of thiazole rings is 1. The predicted octanol–water partition coefficient (Wildman–Crippen LogP) is 3.00. The first kappa shape index (κ1) is 18.1. The second-order valence-corrected chi connectivity index (χ2v) is 6.74. The predicted molar refractivity (Wildman–Crippen MR) is 92.4 cm³/mol. The molecule has 0 saturated carbocycles. The lowest BCUT2D eigenvalue weighted by molar-refractivity contribution is -0.121. The molecule has 0 radical (unpaired) electrons. The van der Waals surface area contributed by atoms with E-state index in [9.17, 15) is 4.79 Å². The van der Waals surface area contributed by atoms with E-state index in [1.165, 1.54) is 9.75 Å². The summed E-state index contributed by atoms with van der Waals surface area (Å²) in [5, 5.41) is 6.09. The van der Waals surface area contributed by atoms with E-state index < -0.39 is 0 Å². The fourth-order valence-corrected chi connectivity index (χ4v) is 3.46. The molecule has 0 saturated heterocycles. The molecule has 2 heterocycles. The van der Waals surface area contributed by atoms with Gasteiger partial charge in [-0.1, -0.05) is 0 Å². The molecule has 0 aromatic carbocycles. The van der Waals surface area contributed by atoms with E-state index in [4.69, 9.17) is 5.73 Å². The molecular formula is C14H20ClN3OS2. The second kappa shape index (κ2) is 9.15. The zero-order valence-corrected chi connectivity index (χ0v) is 14.4. The third kappa shape index (κ3) is 5.74. The van der Waals surface area contributed by atoms with Crippen LogP contribution in [0.2, 0.25) is 0 Å². The Bertz CT molecular complexity index is 568. The number of halogens is 1. The lowest BCUT2D eigenvalue weighted by Gasteiger charge is -2.03. The highest BCUT2D eigenvalue weighted by Gasteiger charge is 2.06. The first-order valence-corrected chi connectivity index (χ1v) is 8.36. The van der Waals surface area contributed by atoms with Gasteiger partial charge >= 0.3 is 0 Å². The molecule has 0 aliphatic rings. The standard InChI is InChI=1S/C14H19N3OS2.ClH/c1-10-17-12(9-19-10)13-5-4-11(20-13)6-8-16-14(18)3-2-7-15;/h4-5,9H,2-3,6-8,15H2,1H3,(H,16,18);1H. The monoisotopic (exact) mass is 345 g/mol. The maximum absolute atomic E-state index is 11.4. The van der Waals surface area contributed by atoms with Crippen LogP contribution in [0, 0.1) is 6.92 Å². The normalized spacial score (nSPS) is 10.2. The lowest BCUT2D eigenvalue weighted by Crippen LogP contribution is -2.25. The Balaban J connectivity index is 0.00000220. The highest BCUT2D eigenvalue weighted by Crippen LogP contribution is 2.29. The van der Waals surface area contributed by atoms with Gasteiger partial charge in [0.05, 0.1) is 15.6 Å². The van der Waals surface area contributed by atoms with E-state index >= 15 is 0 Å². The van der Waals surface area contributed by atoms with Gasteiger partial charge in [0, 0.05) is 23.2 Å². The molecule has 116 valence electrons. The van der Waals surface area contributed by atoms with Gasteiger partial charge in [-0.2, -0.15) is 0 Å². The molecule has 4 nitrogen and oxygen atoms in total. The van der Waals surface area contributed by atoms with Gasteiger partial charge in [0.2, 0.25) is 5.91 Å². The average Bonchev–Trinajstić information content (AvgIpc) is 3.05. The highest BCUT2D eigenvalue weighted by molar-refractivity contribution is 7.16. The zero-order valence-electron chi connectivity index (χ0n) is 11.9. The fraction of sp³-hybridized carbons (Fsp3) is 0.429. The first-order valence-electron chi connectivity index (χ1n) is 6.67. The molecule has 3 N–H and O–H groups in total. The van der Waals surface area contributed by atoms with Gasteiger partial charge in [-0.15, -0.1) is 35.1 Å². The number of thiophene rings is 1. The zero-order chi connectivity index (χ0) is 14.4. The minimum Gasteiger partial charge on any atom is -0.356 e. The van der Waals surface area contributed by atoms with Crippen molar-refractivity contribution in [1.82, 2.24) is 10.3 Å². The van der Waals surface area contributed by atoms with Gasteiger partial charge in [-0.25, -0.2) is 4.98 Å². The molecular weight excluding hydrogens is 326 g/mol. The molecule has 0 unspecified atom stereocenters. The second-order valence-electron chi connectivity index (χ2n) is 4.51. The number of aromatic nitrogens is 1. The van der Waals surface area contributed by atoms with Gasteiger partial charge in [0.1, 0.15) is 0 Å². The number of nitrogens with zero attached hydrogens (tertiary/aromatic N) is 1. The molecule has 2 aromatic rings. The van der Waals surface area contributed by atoms with Crippen molar-refractivity contribution in [3.05, 3.63) is 27.4 Å². The van der Waals surface area contributed by atoms with Crippen molar-refractivity contribution in [2.75, 3.05) is 13.1 Å². The summed E-state index contributed by atoms with van der Waals surface area (Å²) in [6.07, 6.45) is 2.13. The number of rotatable bonds is 7. The van der Waals surface area contributed by atoms with E-state index in [2.05, 4.69) is 27.8 Å². The van der Waals surface area contributed by atoms with Crippen LogP contribution < -0.4 is 11.1 Å². The topological polar surface area (TPSA) is 68.0 Å². The lowest BCUT2D eigenvalue weighted by atomic mass is 10.3. The molecule has 0 atom stereocenters. The number of nitrogens with two attached hydrogens (primary N) is 1. The molecule has 0 aliphatic carbocycles. The van der Waals surface area contributed by atoms with Crippen LogP contribution in [0.1, 0.15) is 22.7 Å². The first-order chi connectivity index (χ1) is 9.69. The number of aryl methyl sites for hydroxylation is 1. The Hall–Kier alpha value is -0.950. The van der Waals surface area contributed by atoms with Crippen molar-refractivity contribution in [3.8, 4) is 10.6 Å². The molecule has 2 aromatic heterocycles. The molecule has 0 spiro atoms. The summed E-state index contributed by atoms with van der Waals surface area (Å²) in [6.45, 7) is 3.26. The van der Waals surface area contributed by atoms with Crippen LogP contribution >= 0.6 is 35.1 Å². The number of carbonyl (C=O) groups is 1. The van der Waals surface area contributed by atoms with Gasteiger partial charge in [0.15, 0.2) is 0 Å². The molecule has 0 bridgehead atoms. The Morgan fingerprint density at radius 1 is 1.43 bits per heavy atom. The molecule has 0 aliphatic heterocycles. The molecule has 7 heteroatoms. The Labute approximate surface area is 139 Å². The molecule has 1 amide bonds. The minimum atomic E-state index is 0. The van der Waals surface area contributed by atoms with Crippen molar-refractivity contribution in [2.24, 2.45) is 5.73 Å². The van der Waals surface area contributed by atoms with Gasteiger partial charge < -0.3 is 11.1 Å². The van der Waals surface area contributed by atoms with Gasteiger partial charge in [-0.3, -0.25) is 4.79 Å². The average molecular weight is 346 g/mol. The van der Waals surface area contributed by atoms with E-state index in [0.29, 0.717) is 19.5 Å². The largest absolute Gasteiger partial charge is 0.356 e. The van der Waals surface area contributed by atoms with Crippen LogP contribution in [0.5, 0.6) is 0 Å². The number of nitrogens with one attached hydrogen (secondary N) is 1. The van der Waals surface area contributed by atoms with Crippen LogP contribution in [0.3, 0.4) is 0 Å². The van der Waals surface area contributed by atoms with Crippen LogP contribution in [0.25, 0.3) is 10.6 Å².